The molecule has 0 bridgehead atoms. The van der Waals surface area contributed by atoms with Crippen molar-refractivity contribution in [2.75, 3.05) is 13.2 Å². The SMILES string of the molecule is CC/C=C\C/C=C\C/C=C\CCCCC(=O)OCC(COC(=O)CCCCCCCCC/C=C\CCCCCCCC)OC(=O)CCCCCCCC/C=C\C=C/CCCCC. The van der Waals surface area contributed by atoms with Crippen LogP contribution in [0.5, 0.6) is 0 Å². The first-order valence-electron chi connectivity index (χ1n) is 26.0. The Morgan fingerprint density at radius 3 is 1.16 bits per heavy atom. The minimum Gasteiger partial charge on any atom is -0.462 e. The molecule has 0 saturated heterocycles. The Bertz CT molecular complexity index is 1180. The summed E-state index contributed by atoms with van der Waals surface area (Å²) in [7, 11) is 0. The van der Waals surface area contributed by atoms with Gasteiger partial charge < -0.3 is 14.2 Å². The summed E-state index contributed by atoms with van der Waals surface area (Å²) in [5.41, 5.74) is 0. The average Bonchev–Trinajstić information content (AvgIpc) is 3.27. The third-order valence-electron chi connectivity index (χ3n) is 10.9. The molecule has 6 heteroatoms. The van der Waals surface area contributed by atoms with Crippen LogP contribution < -0.4 is 0 Å². The van der Waals surface area contributed by atoms with Crippen LogP contribution in [0.1, 0.15) is 245 Å². The summed E-state index contributed by atoms with van der Waals surface area (Å²) in [4.78, 5) is 37.9. The molecule has 0 aromatic rings. The minimum absolute atomic E-state index is 0.0948. The van der Waals surface area contributed by atoms with Gasteiger partial charge in [0.05, 0.1) is 0 Å². The van der Waals surface area contributed by atoms with E-state index < -0.39 is 6.10 Å². The molecule has 0 heterocycles. The smallest absolute Gasteiger partial charge is 0.306 e. The quantitative estimate of drug-likeness (QED) is 0.0199. The lowest BCUT2D eigenvalue weighted by Crippen LogP contribution is -2.30. The molecule has 0 aromatic heterocycles. The van der Waals surface area contributed by atoms with Gasteiger partial charge in [-0.25, -0.2) is 0 Å². The predicted octanol–water partition coefficient (Wildman–Crippen LogP) is 17.0. The first kappa shape index (κ1) is 58.9. The molecule has 0 N–H and O–H groups in total. The van der Waals surface area contributed by atoms with E-state index in [0.717, 1.165) is 89.9 Å². The molecule has 1 atom stereocenters. The zero-order valence-corrected chi connectivity index (χ0v) is 40.6. The van der Waals surface area contributed by atoms with Gasteiger partial charge in [0.2, 0.25) is 0 Å². The van der Waals surface area contributed by atoms with E-state index >= 15 is 0 Å². The summed E-state index contributed by atoms with van der Waals surface area (Å²) in [6, 6.07) is 0. The Morgan fingerprint density at radius 2 is 0.677 bits per heavy atom. The molecule has 0 aliphatic carbocycles. The first-order valence-corrected chi connectivity index (χ1v) is 26.0. The van der Waals surface area contributed by atoms with Gasteiger partial charge in [-0.1, -0.05) is 196 Å². The van der Waals surface area contributed by atoms with Crippen molar-refractivity contribution < 1.29 is 28.6 Å². The van der Waals surface area contributed by atoms with Gasteiger partial charge in [-0.2, -0.15) is 0 Å². The molecular formula is C56H96O6. The second kappa shape index (κ2) is 50.5. The summed E-state index contributed by atoms with van der Waals surface area (Å²) >= 11 is 0. The highest BCUT2D eigenvalue weighted by atomic mass is 16.6. The fraction of sp³-hybridized carbons (Fsp3) is 0.732. The Kier molecular flexibility index (Phi) is 47.9. The average molecular weight is 865 g/mol. The lowest BCUT2D eigenvalue weighted by Gasteiger charge is -2.18. The van der Waals surface area contributed by atoms with Crippen molar-refractivity contribution in [3.05, 3.63) is 72.9 Å². The van der Waals surface area contributed by atoms with Crippen LogP contribution in [0.2, 0.25) is 0 Å². The van der Waals surface area contributed by atoms with Crippen LogP contribution >= 0.6 is 0 Å². The molecule has 0 saturated carbocycles. The predicted molar refractivity (Wildman–Crippen MR) is 265 cm³/mol. The molecule has 0 rings (SSSR count). The van der Waals surface area contributed by atoms with Crippen LogP contribution in [-0.4, -0.2) is 37.2 Å². The Morgan fingerprint density at radius 1 is 0.355 bits per heavy atom. The Labute approximate surface area is 382 Å². The normalized spacial score (nSPS) is 12.6. The second-order valence-corrected chi connectivity index (χ2v) is 17.1. The summed E-state index contributed by atoms with van der Waals surface area (Å²) in [6.45, 7) is 6.44. The molecule has 0 amide bonds. The maximum atomic E-state index is 12.8. The van der Waals surface area contributed by atoms with E-state index in [4.69, 9.17) is 14.2 Å². The molecule has 0 aromatic carbocycles. The first-order chi connectivity index (χ1) is 30.5. The molecule has 1 unspecified atom stereocenters. The van der Waals surface area contributed by atoms with Gasteiger partial charge in [-0.05, 0) is 103 Å². The number of rotatable bonds is 46. The molecule has 0 aliphatic heterocycles. The summed E-state index contributed by atoms with van der Waals surface area (Å²) in [5, 5.41) is 0. The maximum Gasteiger partial charge on any atom is 0.306 e. The molecule has 62 heavy (non-hydrogen) atoms. The van der Waals surface area contributed by atoms with Crippen LogP contribution in [0.3, 0.4) is 0 Å². The number of hydrogen-bond acceptors (Lipinski definition) is 6. The monoisotopic (exact) mass is 865 g/mol. The van der Waals surface area contributed by atoms with Gasteiger partial charge in [0.15, 0.2) is 6.10 Å². The van der Waals surface area contributed by atoms with Crippen molar-refractivity contribution in [1.29, 1.82) is 0 Å². The second-order valence-electron chi connectivity index (χ2n) is 17.1. The van der Waals surface area contributed by atoms with E-state index in [1.54, 1.807) is 0 Å². The lowest BCUT2D eigenvalue weighted by molar-refractivity contribution is -0.167. The number of carbonyl (C=O) groups excluding carboxylic acids is 3. The minimum atomic E-state index is -0.798. The number of ether oxygens (including phenoxy) is 3. The van der Waals surface area contributed by atoms with Crippen LogP contribution in [0.25, 0.3) is 0 Å². The number of carbonyl (C=O) groups is 3. The zero-order chi connectivity index (χ0) is 45.1. The highest BCUT2D eigenvalue weighted by molar-refractivity contribution is 5.71. The fourth-order valence-corrected chi connectivity index (χ4v) is 7.03. The fourth-order valence-electron chi connectivity index (χ4n) is 7.03. The van der Waals surface area contributed by atoms with Crippen molar-refractivity contribution in [2.24, 2.45) is 0 Å². The van der Waals surface area contributed by atoms with Gasteiger partial charge in [0.1, 0.15) is 13.2 Å². The van der Waals surface area contributed by atoms with Crippen LogP contribution in [0.4, 0.5) is 0 Å². The number of unbranched alkanes of at least 4 members (excludes halogenated alkanes) is 24. The van der Waals surface area contributed by atoms with E-state index in [9.17, 15) is 14.4 Å². The Balaban J connectivity index is 4.43. The summed E-state index contributed by atoms with van der Waals surface area (Å²) < 4.78 is 16.7. The highest BCUT2D eigenvalue weighted by Crippen LogP contribution is 2.14. The molecule has 0 radical (unpaired) electrons. The van der Waals surface area contributed by atoms with Crippen molar-refractivity contribution in [3.8, 4) is 0 Å². The summed E-state index contributed by atoms with van der Waals surface area (Å²) in [5.74, 6) is -0.951. The van der Waals surface area contributed by atoms with Crippen LogP contribution in [0.15, 0.2) is 72.9 Å². The zero-order valence-electron chi connectivity index (χ0n) is 40.6. The standard InChI is InChI=1S/C56H96O6/c1-4-7-10-13-16-19-22-25-27-28-30-31-34-37-40-43-46-49-55(58)61-52-53(51-60-54(57)48-45-42-39-36-33-24-21-18-15-12-9-6-3)62-56(59)50-47-44-41-38-35-32-29-26-23-20-17-14-11-8-5-2/h9,12,17-18,20-21,23,25-27,33,36,53H,4-8,10-11,13-16,19,22,24,28-32,34-35,37-52H2,1-3H3/b12-9-,20-17-,21-18-,26-23-,27-25-,36-33-. The van der Waals surface area contributed by atoms with Gasteiger partial charge in [0, 0.05) is 19.3 Å². The molecule has 0 aliphatic rings. The number of hydrogen-bond donors (Lipinski definition) is 0. The largest absolute Gasteiger partial charge is 0.462 e. The van der Waals surface area contributed by atoms with E-state index in [0.29, 0.717) is 19.3 Å². The number of esters is 3. The molecular weight excluding hydrogens is 769 g/mol. The maximum absolute atomic E-state index is 12.8. The molecule has 0 spiro atoms. The third kappa shape index (κ3) is 47.9. The lowest BCUT2D eigenvalue weighted by atomic mass is 10.1. The summed E-state index contributed by atoms with van der Waals surface area (Å²) in [6.07, 6.45) is 63.2. The molecule has 6 nitrogen and oxygen atoms in total. The topological polar surface area (TPSA) is 78.9 Å². The van der Waals surface area contributed by atoms with Crippen molar-refractivity contribution in [3.63, 3.8) is 0 Å². The Hall–Kier alpha value is -3.15. The van der Waals surface area contributed by atoms with Crippen molar-refractivity contribution in [1.82, 2.24) is 0 Å². The van der Waals surface area contributed by atoms with Gasteiger partial charge >= 0.3 is 17.9 Å². The van der Waals surface area contributed by atoms with Crippen molar-refractivity contribution in [2.45, 2.75) is 252 Å². The van der Waals surface area contributed by atoms with Gasteiger partial charge in [-0.3, -0.25) is 14.4 Å². The van der Waals surface area contributed by atoms with Gasteiger partial charge in [0.25, 0.3) is 0 Å². The third-order valence-corrected chi connectivity index (χ3v) is 10.9. The van der Waals surface area contributed by atoms with Crippen LogP contribution in [-0.2, 0) is 28.6 Å². The van der Waals surface area contributed by atoms with Crippen LogP contribution in [0, 0.1) is 0 Å². The van der Waals surface area contributed by atoms with E-state index in [-0.39, 0.29) is 31.1 Å². The van der Waals surface area contributed by atoms with E-state index in [1.165, 1.54) is 116 Å². The van der Waals surface area contributed by atoms with E-state index in [2.05, 4.69) is 93.7 Å². The van der Waals surface area contributed by atoms with E-state index in [1.807, 2.05) is 0 Å². The molecule has 0 fully saturated rings. The van der Waals surface area contributed by atoms with Gasteiger partial charge in [-0.15, -0.1) is 0 Å². The van der Waals surface area contributed by atoms with Crippen molar-refractivity contribution >= 4 is 17.9 Å². The highest BCUT2D eigenvalue weighted by Gasteiger charge is 2.19. The molecule has 356 valence electrons. The number of allylic oxidation sites excluding steroid dienone is 12.